The fourth-order valence-corrected chi connectivity index (χ4v) is 3.40. The summed E-state index contributed by atoms with van der Waals surface area (Å²) in [6, 6.07) is 4.38. The van der Waals surface area contributed by atoms with E-state index in [1.54, 1.807) is 36.9 Å². The molecule has 1 N–H and O–H groups in total. The number of ether oxygens (including phenoxy) is 1. The number of carbonyl (C=O) groups excluding carboxylic acids is 2. The normalized spacial score (nSPS) is 20.9. The van der Waals surface area contributed by atoms with Crippen LogP contribution in [0.15, 0.2) is 29.5 Å². The highest BCUT2D eigenvalue weighted by atomic mass is 35.5. The second-order valence-corrected chi connectivity index (χ2v) is 6.63. The van der Waals surface area contributed by atoms with E-state index >= 15 is 0 Å². The Balaban J connectivity index is 2.11. The molecule has 24 heavy (non-hydrogen) atoms. The number of amides is 2. The summed E-state index contributed by atoms with van der Waals surface area (Å²) in [5.41, 5.74) is 1.59. The quantitative estimate of drug-likeness (QED) is 0.815. The summed E-state index contributed by atoms with van der Waals surface area (Å²) in [5.74, 6) is -0.457. The van der Waals surface area contributed by atoms with Crippen molar-refractivity contribution in [2.75, 3.05) is 6.61 Å². The number of carbonyl (C=O) groups is 2. The molecule has 1 aromatic carbocycles. The molecule has 1 aliphatic carbocycles. The number of rotatable bonds is 4. The van der Waals surface area contributed by atoms with E-state index in [4.69, 9.17) is 27.9 Å². The standard InChI is InChI=1S/C17H18Cl2N2O3/c1-3-24-16(22)13-9(2)21(10-7-8-10)17(23)20-15(13)11-5-4-6-12(18)14(11)19/h4-6,10,15H,3,7-8H2,1-2H3,(H,20,23)/t15-/m0/s1. The Hall–Kier alpha value is -1.72. The number of halogens is 2. The zero-order chi connectivity index (χ0) is 17.4. The van der Waals surface area contributed by atoms with Crippen LogP contribution in [0.5, 0.6) is 0 Å². The third-order valence-corrected chi connectivity index (χ3v) is 5.06. The summed E-state index contributed by atoms with van der Waals surface area (Å²) in [7, 11) is 0. The average molecular weight is 369 g/mol. The van der Waals surface area contributed by atoms with Gasteiger partial charge in [0.25, 0.3) is 0 Å². The van der Waals surface area contributed by atoms with E-state index in [2.05, 4.69) is 5.32 Å². The molecule has 1 aromatic rings. The van der Waals surface area contributed by atoms with Gasteiger partial charge in [-0.2, -0.15) is 0 Å². The van der Waals surface area contributed by atoms with Gasteiger partial charge in [0.2, 0.25) is 0 Å². The van der Waals surface area contributed by atoms with Crippen molar-refractivity contribution in [3.05, 3.63) is 45.1 Å². The first-order valence-electron chi connectivity index (χ1n) is 7.87. The molecule has 3 rings (SSSR count). The molecule has 0 unspecified atom stereocenters. The van der Waals surface area contributed by atoms with Crippen molar-refractivity contribution in [2.45, 2.75) is 38.8 Å². The van der Waals surface area contributed by atoms with Crippen LogP contribution in [0.4, 0.5) is 4.79 Å². The molecule has 7 heteroatoms. The summed E-state index contributed by atoms with van der Waals surface area (Å²) in [6.07, 6.45) is 1.87. The minimum Gasteiger partial charge on any atom is -0.463 e. The van der Waals surface area contributed by atoms with Gasteiger partial charge >= 0.3 is 12.0 Å². The van der Waals surface area contributed by atoms with Crippen LogP contribution in [0.2, 0.25) is 10.0 Å². The van der Waals surface area contributed by atoms with Crippen LogP contribution in [-0.2, 0) is 9.53 Å². The lowest BCUT2D eigenvalue weighted by molar-refractivity contribution is -0.139. The van der Waals surface area contributed by atoms with E-state index in [0.717, 1.165) is 12.8 Å². The van der Waals surface area contributed by atoms with Gasteiger partial charge in [-0.1, -0.05) is 35.3 Å². The van der Waals surface area contributed by atoms with Gasteiger partial charge < -0.3 is 10.1 Å². The summed E-state index contributed by atoms with van der Waals surface area (Å²) >= 11 is 12.4. The van der Waals surface area contributed by atoms with E-state index in [-0.39, 0.29) is 18.7 Å². The third kappa shape index (κ3) is 2.98. The number of urea groups is 1. The van der Waals surface area contributed by atoms with Crippen LogP contribution < -0.4 is 5.32 Å². The summed E-state index contributed by atoms with van der Waals surface area (Å²) in [6.45, 7) is 3.77. The van der Waals surface area contributed by atoms with Crippen LogP contribution in [-0.4, -0.2) is 29.5 Å². The molecule has 1 aliphatic heterocycles. The van der Waals surface area contributed by atoms with Crippen LogP contribution in [0.25, 0.3) is 0 Å². The van der Waals surface area contributed by atoms with Crippen molar-refractivity contribution in [1.82, 2.24) is 10.2 Å². The molecule has 0 saturated heterocycles. The van der Waals surface area contributed by atoms with Gasteiger partial charge in [0.15, 0.2) is 0 Å². The van der Waals surface area contributed by atoms with E-state index in [1.807, 2.05) is 0 Å². The Morgan fingerprint density at radius 2 is 2.08 bits per heavy atom. The maximum atomic E-state index is 12.5. The molecule has 0 bridgehead atoms. The molecule has 1 fully saturated rings. The van der Waals surface area contributed by atoms with Crippen LogP contribution in [0.1, 0.15) is 38.3 Å². The highest BCUT2D eigenvalue weighted by Gasteiger charge is 2.43. The monoisotopic (exact) mass is 368 g/mol. The number of benzene rings is 1. The van der Waals surface area contributed by atoms with Crippen LogP contribution in [0, 0.1) is 0 Å². The number of allylic oxidation sites excluding steroid dienone is 1. The Labute approximate surface area is 150 Å². The molecular weight excluding hydrogens is 351 g/mol. The maximum Gasteiger partial charge on any atom is 0.338 e. The number of esters is 1. The summed E-state index contributed by atoms with van der Waals surface area (Å²) < 4.78 is 5.21. The molecule has 2 amide bonds. The van der Waals surface area contributed by atoms with Crippen molar-refractivity contribution < 1.29 is 14.3 Å². The topological polar surface area (TPSA) is 58.6 Å². The predicted octanol–water partition coefficient (Wildman–Crippen LogP) is 4.06. The molecule has 1 heterocycles. The van der Waals surface area contributed by atoms with Gasteiger partial charge in [0.05, 0.1) is 28.3 Å². The van der Waals surface area contributed by atoms with Crippen LogP contribution >= 0.6 is 23.2 Å². The predicted molar refractivity (Wildman–Crippen MR) is 91.9 cm³/mol. The number of hydrogen-bond donors (Lipinski definition) is 1. The lowest BCUT2D eigenvalue weighted by atomic mass is 9.94. The minimum atomic E-state index is -0.683. The highest BCUT2D eigenvalue weighted by Crippen LogP contribution is 2.40. The first-order valence-corrected chi connectivity index (χ1v) is 8.62. The van der Waals surface area contributed by atoms with Crippen LogP contribution in [0.3, 0.4) is 0 Å². The van der Waals surface area contributed by atoms with Crippen molar-refractivity contribution in [3.63, 3.8) is 0 Å². The maximum absolute atomic E-state index is 12.5. The van der Waals surface area contributed by atoms with Crippen molar-refractivity contribution >= 4 is 35.2 Å². The van der Waals surface area contributed by atoms with E-state index in [9.17, 15) is 9.59 Å². The zero-order valence-electron chi connectivity index (χ0n) is 13.4. The molecule has 1 saturated carbocycles. The summed E-state index contributed by atoms with van der Waals surface area (Å²) in [4.78, 5) is 26.7. The van der Waals surface area contributed by atoms with Crippen molar-refractivity contribution in [3.8, 4) is 0 Å². The fraction of sp³-hybridized carbons (Fsp3) is 0.412. The second-order valence-electron chi connectivity index (χ2n) is 5.85. The molecule has 5 nitrogen and oxygen atoms in total. The fourth-order valence-electron chi connectivity index (χ4n) is 2.98. The highest BCUT2D eigenvalue weighted by molar-refractivity contribution is 6.42. The Kier molecular flexibility index (Phi) is 4.74. The minimum absolute atomic E-state index is 0.144. The lowest BCUT2D eigenvalue weighted by Gasteiger charge is -2.35. The third-order valence-electron chi connectivity index (χ3n) is 4.23. The lowest BCUT2D eigenvalue weighted by Crippen LogP contribution is -2.49. The van der Waals surface area contributed by atoms with Gasteiger partial charge in [-0.05, 0) is 38.3 Å². The first kappa shape index (κ1) is 17.1. The number of nitrogens with one attached hydrogen (secondary N) is 1. The molecule has 0 spiro atoms. The van der Waals surface area contributed by atoms with Crippen molar-refractivity contribution in [1.29, 1.82) is 0 Å². The van der Waals surface area contributed by atoms with E-state index in [1.165, 1.54) is 0 Å². The number of hydrogen-bond acceptors (Lipinski definition) is 3. The Bertz CT molecular complexity index is 729. The molecule has 2 aliphatic rings. The Morgan fingerprint density at radius 3 is 2.71 bits per heavy atom. The molecule has 0 radical (unpaired) electrons. The summed E-state index contributed by atoms with van der Waals surface area (Å²) in [5, 5.41) is 3.56. The van der Waals surface area contributed by atoms with Gasteiger partial charge in [0.1, 0.15) is 0 Å². The molecule has 0 aromatic heterocycles. The van der Waals surface area contributed by atoms with Gasteiger partial charge in [-0.3, -0.25) is 4.90 Å². The first-order chi connectivity index (χ1) is 11.5. The molecule has 1 atom stereocenters. The van der Waals surface area contributed by atoms with Gasteiger partial charge in [-0.25, -0.2) is 9.59 Å². The van der Waals surface area contributed by atoms with E-state index in [0.29, 0.717) is 26.9 Å². The van der Waals surface area contributed by atoms with Gasteiger partial charge in [-0.15, -0.1) is 0 Å². The SMILES string of the molecule is CCOC(=O)C1=C(C)N(C2CC2)C(=O)N[C@H]1c1cccc(Cl)c1Cl. The number of nitrogens with zero attached hydrogens (tertiary/aromatic N) is 1. The van der Waals surface area contributed by atoms with E-state index < -0.39 is 12.0 Å². The zero-order valence-corrected chi connectivity index (χ0v) is 14.9. The smallest absolute Gasteiger partial charge is 0.338 e. The van der Waals surface area contributed by atoms with Crippen molar-refractivity contribution in [2.24, 2.45) is 0 Å². The molecular formula is C17H18Cl2N2O3. The average Bonchev–Trinajstić information content (AvgIpc) is 3.34. The molecule has 128 valence electrons. The van der Waals surface area contributed by atoms with Gasteiger partial charge in [0, 0.05) is 11.7 Å². The second kappa shape index (κ2) is 6.65. The Morgan fingerprint density at radius 1 is 1.38 bits per heavy atom. The largest absolute Gasteiger partial charge is 0.463 e.